The molecule has 0 atom stereocenters. The Kier molecular flexibility index (Phi) is 2.52. The van der Waals surface area contributed by atoms with Crippen molar-refractivity contribution in [3.63, 3.8) is 0 Å². The Morgan fingerprint density at radius 1 is 1.33 bits per heavy atom. The minimum atomic E-state index is 1.08. The van der Waals surface area contributed by atoms with Gasteiger partial charge in [-0.05, 0) is 43.2 Å². The average Bonchev–Trinajstić information content (AvgIpc) is 2.96. The third kappa shape index (κ3) is 1.74. The van der Waals surface area contributed by atoms with Crippen LogP contribution in [0.25, 0.3) is 22.7 Å². The predicted octanol–water partition coefficient (Wildman–Crippen LogP) is 3.70. The lowest BCUT2D eigenvalue weighted by Gasteiger charge is -2.01. The highest BCUT2D eigenvalue weighted by atomic mass is 15.3. The second-order valence-electron chi connectivity index (χ2n) is 4.44. The summed E-state index contributed by atoms with van der Waals surface area (Å²) in [5.74, 6) is 0. The summed E-state index contributed by atoms with van der Waals surface area (Å²) in [4.78, 5) is 3.28. The van der Waals surface area contributed by atoms with Crippen LogP contribution in [0.1, 0.15) is 18.1 Å². The molecule has 0 amide bonds. The van der Waals surface area contributed by atoms with E-state index in [1.54, 1.807) is 0 Å². The largest absolute Gasteiger partial charge is 0.361 e. The molecule has 0 aliphatic heterocycles. The highest BCUT2D eigenvalue weighted by Gasteiger charge is 2.04. The highest BCUT2D eigenvalue weighted by molar-refractivity contribution is 5.90. The van der Waals surface area contributed by atoms with Gasteiger partial charge >= 0.3 is 0 Å². The van der Waals surface area contributed by atoms with E-state index in [1.165, 1.54) is 10.9 Å². The van der Waals surface area contributed by atoms with E-state index in [1.807, 2.05) is 43.2 Å². The van der Waals surface area contributed by atoms with Crippen LogP contribution in [0.15, 0.2) is 42.9 Å². The van der Waals surface area contributed by atoms with Crippen molar-refractivity contribution in [3.05, 3.63) is 54.0 Å². The molecule has 0 radical (unpaired) electrons. The second-order valence-corrected chi connectivity index (χ2v) is 4.44. The van der Waals surface area contributed by atoms with Gasteiger partial charge < -0.3 is 4.98 Å². The Balaban J connectivity index is 2.17. The summed E-state index contributed by atoms with van der Waals surface area (Å²) in [5, 5.41) is 5.56. The summed E-state index contributed by atoms with van der Waals surface area (Å²) in [7, 11) is 0. The molecule has 0 saturated carbocycles. The molecule has 0 fully saturated rings. The Bertz CT molecular complexity index is 716. The van der Waals surface area contributed by atoms with E-state index in [0.29, 0.717) is 0 Å². The molecule has 2 heterocycles. The summed E-state index contributed by atoms with van der Waals surface area (Å²) in [5.41, 5.74) is 4.60. The standard InChI is InChI=1S/C15H15N3/c1-3-4-12-9-16-15-6-5-13(7-14(12)15)18-10-11(2)8-17-18/h3-10,16H,1-2H3/b4-3+. The number of fused-ring (bicyclic) bond motifs is 1. The molecule has 0 bridgehead atoms. The molecular weight excluding hydrogens is 222 g/mol. The van der Waals surface area contributed by atoms with E-state index in [4.69, 9.17) is 0 Å². The zero-order chi connectivity index (χ0) is 12.5. The fourth-order valence-electron chi connectivity index (χ4n) is 2.14. The van der Waals surface area contributed by atoms with Crippen LogP contribution in [0, 0.1) is 6.92 Å². The van der Waals surface area contributed by atoms with Crippen LogP contribution in [0.5, 0.6) is 0 Å². The van der Waals surface area contributed by atoms with E-state index in [-0.39, 0.29) is 0 Å². The summed E-state index contributed by atoms with van der Waals surface area (Å²) in [6.07, 6.45) is 10.1. The first-order valence-electron chi connectivity index (χ1n) is 6.03. The number of nitrogens with zero attached hydrogens (tertiary/aromatic N) is 2. The van der Waals surface area contributed by atoms with Crippen molar-refractivity contribution in [2.24, 2.45) is 0 Å². The number of H-pyrrole nitrogens is 1. The molecule has 0 saturated heterocycles. The van der Waals surface area contributed by atoms with Gasteiger partial charge in [0.2, 0.25) is 0 Å². The number of aromatic amines is 1. The Morgan fingerprint density at radius 3 is 2.94 bits per heavy atom. The van der Waals surface area contributed by atoms with Gasteiger partial charge in [-0.15, -0.1) is 0 Å². The molecule has 0 aliphatic carbocycles. The maximum Gasteiger partial charge on any atom is 0.0653 e. The zero-order valence-corrected chi connectivity index (χ0v) is 10.5. The van der Waals surface area contributed by atoms with Gasteiger partial charge in [0.15, 0.2) is 0 Å². The van der Waals surface area contributed by atoms with E-state index in [0.717, 1.165) is 16.8 Å². The van der Waals surface area contributed by atoms with Crippen LogP contribution in [-0.2, 0) is 0 Å². The normalized spacial score (nSPS) is 11.7. The van der Waals surface area contributed by atoms with Gasteiger partial charge in [-0.25, -0.2) is 4.68 Å². The minimum Gasteiger partial charge on any atom is -0.361 e. The predicted molar refractivity (Wildman–Crippen MR) is 74.9 cm³/mol. The van der Waals surface area contributed by atoms with Gasteiger partial charge in [0, 0.05) is 23.3 Å². The highest BCUT2D eigenvalue weighted by Crippen LogP contribution is 2.22. The first-order valence-corrected chi connectivity index (χ1v) is 6.03. The molecule has 0 unspecified atom stereocenters. The lowest BCUT2D eigenvalue weighted by Crippen LogP contribution is -1.93. The fraction of sp³-hybridized carbons (Fsp3) is 0.133. The number of benzene rings is 1. The van der Waals surface area contributed by atoms with Crippen molar-refractivity contribution in [1.82, 2.24) is 14.8 Å². The molecule has 1 aromatic carbocycles. The smallest absolute Gasteiger partial charge is 0.0653 e. The molecule has 3 heteroatoms. The number of nitrogens with one attached hydrogen (secondary N) is 1. The van der Waals surface area contributed by atoms with Gasteiger partial charge in [0.1, 0.15) is 0 Å². The number of aromatic nitrogens is 3. The summed E-state index contributed by atoms with van der Waals surface area (Å²) < 4.78 is 1.90. The van der Waals surface area contributed by atoms with E-state index >= 15 is 0 Å². The third-order valence-electron chi connectivity index (χ3n) is 3.02. The number of hydrogen-bond acceptors (Lipinski definition) is 1. The molecule has 90 valence electrons. The van der Waals surface area contributed by atoms with E-state index in [9.17, 15) is 0 Å². The Hall–Kier alpha value is -2.29. The Morgan fingerprint density at radius 2 is 2.22 bits per heavy atom. The van der Waals surface area contributed by atoms with Crippen molar-refractivity contribution < 1.29 is 0 Å². The van der Waals surface area contributed by atoms with Crippen LogP contribution in [-0.4, -0.2) is 14.8 Å². The van der Waals surface area contributed by atoms with Gasteiger partial charge in [-0.1, -0.05) is 12.2 Å². The van der Waals surface area contributed by atoms with Gasteiger partial charge in [0.05, 0.1) is 11.9 Å². The summed E-state index contributed by atoms with van der Waals surface area (Å²) >= 11 is 0. The van der Waals surface area contributed by atoms with Crippen LogP contribution in [0.3, 0.4) is 0 Å². The molecule has 0 aliphatic rings. The van der Waals surface area contributed by atoms with Crippen LogP contribution < -0.4 is 0 Å². The molecular formula is C15H15N3. The number of hydrogen-bond donors (Lipinski definition) is 1. The van der Waals surface area contributed by atoms with Crippen molar-refractivity contribution in [3.8, 4) is 5.69 Å². The first-order chi connectivity index (χ1) is 8.78. The molecule has 1 N–H and O–H groups in total. The molecule has 0 spiro atoms. The second kappa shape index (κ2) is 4.18. The fourth-order valence-corrected chi connectivity index (χ4v) is 2.14. The monoisotopic (exact) mass is 237 g/mol. The molecule has 2 aromatic heterocycles. The van der Waals surface area contributed by atoms with Gasteiger partial charge in [-0.3, -0.25) is 0 Å². The lowest BCUT2D eigenvalue weighted by molar-refractivity contribution is 0.882. The molecule has 18 heavy (non-hydrogen) atoms. The minimum absolute atomic E-state index is 1.08. The van der Waals surface area contributed by atoms with E-state index < -0.39 is 0 Å². The Labute approximate surface area is 106 Å². The SMILES string of the molecule is C/C=C/c1c[nH]c2ccc(-n3cc(C)cn3)cc12. The van der Waals surface area contributed by atoms with Crippen LogP contribution in [0.4, 0.5) is 0 Å². The number of aryl methyl sites for hydroxylation is 1. The molecule has 3 nitrogen and oxygen atoms in total. The summed E-state index contributed by atoms with van der Waals surface area (Å²) in [6, 6.07) is 6.33. The lowest BCUT2D eigenvalue weighted by atomic mass is 10.1. The first kappa shape index (κ1) is 10.8. The van der Waals surface area contributed by atoms with E-state index in [2.05, 4.69) is 34.4 Å². The van der Waals surface area contributed by atoms with Crippen LogP contribution in [0.2, 0.25) is 0 Å². The number of allylic oxidation sites excluding steroid dienone is 1. The maximum absolute atomic E-state index is 4.34. The number of rotatable bonds is 2. The van der Waals surface area contributed by atoms with Crippen molar-refractivity contribution in [2.45, 2.75) is 13.8 Å². The van der Waals surface area contributed by atoms with Crippen molar-refractivity contribution in [2.75, 3.05) is 0 Å². The quantitative estimate of drug-likeness (QED) is 0.724. The molecule has 3 aromatic rings. The summed E-state index contributed by atoms with van der Waals surface area (Å²) in [6.45, 7) is 4.07. The van der Waals surface area contributed by atoms with Crippen molar-refractivity contribution >= 4 is 17.0 Å². The zero-order valence-electron chi connectivity index (χ0n) is 10.5. The topological polar surface area (TPSA) is 33.6 Å². The van der Waals surface area contributed by atoms with Gasteiger partial charge in [0.25, 0.3) is 0 Å². The van der Waals surface area contributed by atoms with Crippen LogP contribution >= 0.6 is 0 Å². The molecule has 3 rings (SSSR count). The third-order valence-corrected chi connectivity index (χ3v) is 3.02. The van der Waals surface area contributed by atoms with Crippen molar-refractivity contribution in [1.29, 1.82) is 0 Å². The van der Waals surface area contributed by atoms with Gasteiger partial charge in [-0.2, -0.15) is 5.10 Å². The maximum atomic E-state index is 4.34. The average molecular weight is 237 g/mol.